The normalized spacial score (nSPS) is 17.9. The lowest BCUT2D eigenvalue weighted by atomic mass is 10.2. The molecular formula is C13H18N2O3S2. The van der Waals surface area contributed by atoms with Crippen LogP contribution in [-0.2, 0) is 9.59 Å². The summed E-state index contributed by atoms with van der Waals surface area (Å²) in [5, 5.41) is 11.0. The van der Waals surface area contributed by atoms with Crippen LogP contribution in [0.15, 0.2) is 21.7 Å². The van der Waals surface area contributed by atoms with Crippen LogP contribution in [-0.4, -0.2) is 64.8 Å². The average molecular weight is 314 g/mol. The largest absolute Gasteiger partial charge is 0.480 e. The number of piperazine rings is 1. The summed E-state index contributed by atoms with van der Waals surface area (Å²) in [7, 11) is 0. The van der Waals surface area contributed by atoms with Crippen LogP contribution in [0, 0.1) is 0 Å². The van der Waals surface area contributed by atoms with Crippen LogP contribution >= 0.6 is 23.1 Å². The van der Waals surface area contributed by atoms with Crippen LogP contribution in [0.1, 0.15) is 6.92 Å². The average Bonchev–Trinajstić information content (AvgIpc) is 2.97. The molecule has 1 atom stereocenters. The molecule has 1 saturated heterocycles. The van der Waals surface area contributed by atoms with Crippen molar-refractivity contribution in [1.82, 2.24) is 9.80 Å². The number of carbonyl (C=O) groups is 2. The third-order valence-electron chi connectivity index (χ3n) is 3.41. The van der Waals surface area contributed by atoms with Gasteiger partial charge in [-0.1, -0.05) is 6.07 Å². The number of thiophene rings is 1. The summed E-state index contributed by atoms with van der Waals surface area (Å²) in [6, 6.07) is 3.51. The van der Waals surface area contributed by atoms with Gasteiger partial charge in [0.2, 0.25) is 5.91 Å². The maximum Gasteiger partial charge on any atom is 0.320 e. The molecule has 2 rings (SSSR count). The summed E-state index contributed by atoms with van der Waals surface area (Å²) in [6.07, 6.45) is 0. The molecule has 2 heterocycles. The monoisotopic (exact) mass is 314 g/mol. The molecule has 0 radical (unpaired) electrons. The highest BCUT2D eigenvalue weighted by Crippen LogP contribution is 2.23. The fourth-order valence-corrected chi connectivity index (χ4v) is 3.77. The van der Waals surface area contributed by atoms with E-state index in [2.05, 4.69) is 0 Å². The highest BCUT2D eigenvalue weighted by molar-refractivity contribution is 8.01. The van der Waals surface area contributed by atoms with E-state index in [-0.39, 0.29) is 5.91 Å². The van der Waals surface area contributed by atoms with Gasteiger partial charge in [-0.15, -0.1) is 23.1 Å². The molecule has 1 aliphatic rings. The summed E-state index contributed by atoms with van der Waals surface area (Å²) in [5.41, 5.74) is 0. The molecule has 1 unspecified atom stereocenters. The summed E-state index contributed by atoms with van der Waals surface area (Å²) in [5.74, 6) is -0.223. The van der Waals surface area contributed by atoms with Crippen molar-refractivity contribution >= 4 is 35.0 Å². The number of rotatable bonds is 5. The number of nitrogens with zero attached hydrogens (tertiary/aromatic N) is 2. The van der Waals surface area contributed by atoms with E-state index in [1.807, 2.05) is 27.3 Å². The number of amides is 1. The Morgan fingerprint density at radius 1 is 1.40 bits per heavy atom. The molecule has 20 heavy (non-hydrogen) atoms. The number of carboxylic acid groups (broad SMARTS) is 1. The van der Waals surface area contributed by atoms with Crippen LogP contribution in [0.25, 0.3) is 0 Å². The first-order valence-electron chi connectivity index (χ1n) is 6.49. The SMILES string of the molecule is CC(C(=O)O)N1CCN(C(=O)CSc2cccs2)CC1. The van der Waals surface area contributed by atoms with Crippen molar-refractivity contribution in [1.29, 1.82) is 0 Å². The maximum atomic E-state index is 12.1. The van der Waals surface area contributed by atoms with Crippen LogP contribution in [0.4, 0.5) is 0 Å². The predicted molar refractivity (Wildman–Crippen MR) is 80.3 cm³/mol. The van der Waals surface area contributed by atoms with Gasteiger partial charge < -0.3 is 10.0 Å². The van der Waals surface area contributed by atoms with Gasteiger partial charge in [-0.25, -0.2) is 0 Å². The molecule has 1 amide bonds. The molecule has 1 aromatic heterocycles. The minimum Gasteiger partial charge on any atom is -0.480 e. The predicted octanol–water partition coefficient (Wildman–Crippen LogP) is 1.46. The molecule has 0 aliphatic carbocycles. The quantitative estimate of drug-likeness (QED) is 0.834. The molecule has 5 nitrogen and oxygen atoms in total. The molecule has 1 aliphatic heterocycles. The van der Waals surface area contributed by atoms with Crippen LogP contribution in [0.2, 0.25) is 0 Å². The lowest BCUT2D eigenvalue weighted by Crippen LogP contribution is -2.53. The third-order valence-corrected chi connectivity index (χ3v) is 5.52. The van der Waals surface area contributed by atoms with E-state index in [0.29, 0.717) is 31.9 Å². The van der Waals surface area contributed by atoms with Gasteiger partial charge in [-0.2, -0.15) is 0 Å². The fraction of sp³-hybridized carbons (Fsp3) is 0.538. The van der Waals surface area contributed by atoms with E-state index in [4.69, 9.17) is 5.11 Å². The zero-order valence-electron chi connectivity index (χ0n) is 11.3. The molecule has 1 N–H and O–H groups in total. The smallest absolute Gasteiger partial charge is 0.320 e. The van der Waals surface area contributed by atoms with E-state index in [0.717, 1.165) is 4.21 Å². The van der Waals surface area contributed by atoms with Gasteiger partial charge in [0.15, 0.2) is 0 Å². The second-order valence-electron chi connectivity index (χ2n) is 4.65. The lowest BCUT2D eigenvalue weighted by molar-refractivity contribution is -0.143. The zero-order valence-corrected chi connectivity index (χ0v) is 13.0. The Morgan fingerprint density at radius 3 is 2.65 bits per heavy atom. The third kappa shape index (κ3) is 3.97. The number of aliphatic carboxylic acids is 1. The molecular weight excluding hydrogens is 296 g/mol. The highest BCUT2D eigenvalue weighted by atomic mass is 32.2. The van der Waals surface area contributed by atoms with Crippen molar-refractivity contribution in [2.75, 3.05) is 31.9 Å². The van der Waals surface area contributed by atoms with Gasteiger partial charge in [-0.05, 0) is 18.4 Å². The van der Waals surface area contributed by atoms with E-state index >= 15 is 0 Å². The van der Waals surface area contributed by atoms with Crippen molar-refractivity contribution in [2.45, 2.75) is 17.2 Å². The Kier molecular flexibility index (Phi) is 5.45. The zero-order chi connectivity index (χ0) is 14.5. The number of hydrogen-bond donors (Lipinski definition) is 1. The Balaban J connectivity index is 1.75. The van der Waals surface area contributed by atoms with Gasteiger partial charge in [0.05, 0.1) is 9.96 Å². The van der Waals surface area contributed by atoms with Gasteiger partial charge in [0.25, 0.3) is 0 Å². The van der Waals surface area contributed by atoms with E-state index in [1.165, 1.54) is 0 Å². The van der Waals surface area contributed by atoms with Crippen molar-refractivity contribution < 1.29 is 14.7 Å². The number of carbonyl (C=O) groups excluding carboxylic acids is 1. The Morgan fingerprint density at radius 2 is 2.10 bits per heavy atom. The lowest BCUT2D eigenvalue weighted by Gasteiger charge is -2.36. The maximum absolute atomic E-state index is 12.1. The van der Waals surface area contributed by atoms with E-state index in [1.54, 1.807) is 30.0 Å². The van der Waals surface area contributed by atoms with Crippen molar-refractivity contribution in [3.63, 3.8) is 0 Å². The summed E-state index contributed by atoms with van der Waals surface area (Å²) in [4.78, 5) is 26.7. The number of hydrogen-bond acceptors (Lipinski definition) is 5. The Labute approximate surface area is 126 Å². The second kappa shape index (κ2) is 7.10. The second-order valence-corrected chi connectivity index (χ2v) is 6.88. The van der Waals surface area contributed by atoms with Crippen molar-refractivity contribution in [3.05, 3.63) is 17.5 Å². The summed E-state index contributed by atoms with van der Waals surface area (Å²) in [6.45, 7) is 4.17. The topological polar surface area (TPSA) is 60.9 Å². The molecule has 0 aromatic carbocycles. The Bertz CT molecular complexity index is 456. The van der Waals surface area contributed by atoms with Gasteiger partial charge >= 0.3 is 5.97 Å². The van der Waals surface area contributed by atoms with Crippen LogP contribution in [0.3, 0.4) is 0 Å². The first kappa shape index (κ1) is 15.3. The van der Waals surface area contributed by atoms with Crippen LogP contribution in [0.5, 0.6) is 0 Å². The summed E-state index contributed by atoms with van der Waals surface area (Å²) < 4.78 is 1.15. The van der Waals surface area contributed by atoms with Gasteiger partial charge in [0.1, 0.15) is 6.04 Å². The van der Waals surface area contributed by atoms with Crippen molar-refractivity contribution in [2.24, 2.45) is 0 Å². The van der Waals surface area contributed by atoms with Gasteiger partial charge in [-0.3, -0.25) is 14.5 Å². The standard InChI is InChI=1S/C13H18N2O3S2/c1-10(13(17)18)14-4-6-15(7-5-14)11(16)9-20-12-3-2-8-19-12/h2-3,8,10H,4-7,9H2,1H3,(H,17,18). The minimum absolute atomic E-state index is 0.131. The molecule has 7 heteroatoms. The van der Waals surface area contributed by atoms with Crippen molar-refractivity contribution in [3.8, 4) is 0 Å². The Hall–Kier alpha value is -1.05. The molecule has 1 fully saturated rings. The molecule has 0 spiro atoms. The number of thioether (sulfide) groups is 1. The first-order valence-corrected chi connectivity index (χ1v) is 8.35. The number of carboxylic acids is 1. The molecule has 110 valence electrons. The minimum atomic E-state index is -0.807. The molecule has 0 saturated carbocycles. The summed E-state index contributed by atoms with van der Waals surface area (Å²) >= 11 is 3.20. The van der Waals surface area contributed by atoms with E-state index in [9.17, 15) is 9.59 Å². The van der Waals surface area contributed by atoms with E-state index < -0.39 is 12.0 Å². The molecule has 0 bridgehead atoms. The highest BCUT2D eigenvalue weighted by Gasteiger charge is 2.26. The van der Waals surface area contributed by atoms with Gasteiger partial charge in [0, 0.05) is 26.2 Å². The fourth-order valence-electron chi connectivity index (χ4n) is 2.08. The first-order chi connectivity index (χ1) is 9.58. The van der Waals surface area contributed by atoms with Crippen LogP contribution < -0.4 is 0 Å². The molecule has 1 aromatic rings.